The van der Waals surface area contributed by atoms with E-state index in [0.29, 0.717) is 12.1 Å². The number of carboxylic acids is 1. The zero-order chi connectivity index (χ0) is 21.4. The van der Waals surface area contributed by atoms with Gasteiger partial charge >= 0.3 is 5.97 Å². The van der Waals surface area contributed by atoms with Gasteiger partial charge in [0, 0.05) is 18.9 Å². The van der Waals surface area contributed by atoms with E-state index >= 15 is 0 Å². The van der Waals surface area contributed by atoms with Gasteiger partial charge in [-0.1, -0.05) is 30.3 Å². The van der Waals surface area contributed by atoms with Crippen molar-refractivity contribution in [2.45, 2.75) is 6.54 Å². The number of carbonyl (C=O) groups is 2. The molecule has 2 N–H and O–H groups in total. The molecule has 0 saturated heterocycles. The van der Waals surface area contributed by atoms with Gasteiger partial charge in [0.15, 0.2) is 0 Å². The number of pyridine rings is 2. The van der Waals surface area contributed by atoms with Crippen LogP contribution in [-0.2, 0) is 6.54 Å². The Morgan fingerprint density at radius 2 is 1.45 bits per heavy atom. The van der Waals surface area contributed by atoms with Crippen molar-refractivity contribution >= 4 is 43.7 Å². The first-order valence-electron chi connectivity index (χ1n) is 7.95. The van der Waals surface area contributed by atoms with E-state index in [-0.39, 0.29) is 20.4 Å². The highest BCUT2D eigenvalue weighted by Gasteiger charge is 2.09. The molecule has 10 heteroatoms. The molecular formula is C19H13Br2F2N3O3. The fraction of sp³-hybridized carbons (Fsp3) is 0.0526. The van der Waals surface area contributed by atoms with Crippen molar-refractivity contribution in [2.75, 3.05) is 0 Å². The van der Waals surface area contributed by atoms with Gasteiger partial charge in [-0.15, -0.1) is 0 Å². The van der Waals surface area contributed by atoms with Crippen molar-refractivity contribution in [1.82, 2.24) is 15.3 Å². The van der Waals surface area contributed by atoms with Gasteiger partial charge in [-0.25, -0.2) is 14.8 Å². The number of aromatic nitrogens is 2. The molecule has 0 unspecified atom stereocenters. The molecule has 0 radical (unpaired) electrons. The Balaban J connectivity index is 0.000000234. The third kappa shape index (κ3) is 6.99. The number of hydrogen-bond donors (Lipinski definition) is 2. The summed E-state index contributed by atoms with van der Waals surface area (Å²) in [5, 5.41) is 11.2. The summed E-state index contributed by atoms with van der Waals surface area (Å²) < 4.78 is 25.6. The van der Waals surface area contributed by atoms with Crippen LogP contribution in [0.15, 0.2) is 63.8 Å². The van der Waals surface area contributed by atoms with Crippen LogP contribution in [0, 0.1) is 11.9 Å². The van der Waals surface area contributed by atoms with Crippen LogP contribution >= 0.6 is 31.9 Å². The number of amides is 1. The van der Waals surface area contributed by atoms with Crippen molar-refractivity contribution in [3.8, 4) is 0 Å². The fourth-order valence-electron chi connectivity index (χ4n) is 1.96. The quantitative estimate of drug-likeness (QED) is 0.483. The number of rotatable bonds is 4. The van der Waals surface area contributed by atoms with E-state index in [2.05, 4.69) is 47.1 Å². The minimum Gasteiger partial charge on any atom is -0.478 e. The minimum absolute atomic E-state index is 0.0433. The molecule has 3 aromatic rings. The normalized spacial score (nSPS) is 9.93. The molecule has 2 aromatic heterocycles. The topological polar surface area (TPSA) is 92.2 Å². The van der Waals surface area contributed by atoms with Gasteiger partial charge in [0.2, 0.25) is 11.9 Å². The van der Waals surface area contributed by atoms with Crippen molar-refractivity contribution in [2.24, 2.45) is 0 Å². The summed E-state index contributed by atoms with van der Waals surface area (Å²) in [5.41, 5.74) is 1.28. The number of benzene rings is 1. The number of halogens is 4. The van der Waals surface area contributed by atoms with E-state index in [1.807, 2.05) is 30.3 Å². The van der Waals surface area contributed by atoms with Crippen LogP contribution in [0.25, 0.3) is 0 Å². The summed E-state index contributed by atoms with van der Waals surface area (Å²) in [6.45, 7) is 0.425. The number of nitrogens with zero attached hydrogens (tertiary/aromatic N) is 2. The lowest BCUT2D eigenvalue weighted by atomic mass is 10.2. The third-order valence-electron chi connectivity index (χ3n) is 3.40. The highest BCUT2D eigenvalue weighted by molar-refractivity contribution is 9.10. The highest BCUT2D eigenvalue weighted by atomic mass is 79.9. The molecule has 0 atom stereocenters. The molecule has 2 heterocycles. The van der Waals surface area contributed by atoms with Gasteiger partial charge < -0.3 is 10.4 Å². The molecule has 0 aliphatic heterocycles. The summed E-state index contributed by atoms with van der Waals surface area (Å²) in [4.78, 5) is 28.8. The number of carbonyl (C=O) groups excluding carboxylic acids is 1. The molecule has 0 aliphatic rings. The summed E-state index contributed by atoms with van der Waals surface area (Å²) >= 11 is 5.81. The molecule has 0 saturated carbocycles. The van der Waals surface area contributed by atoms with Gasteiger partial charge in [0.05, 0.1) is 20.1 Å². The summed E-state index contributed by atoms with van der Waals surface area (Å²) in [6.07, 6.45) is 2.17. The number of aromatic carboxylic acids is 1. The van der Waals surface area contributed by atoms with Crippen LogP contribution in [0.1, 0.15) is 26.3 Å². The van der Waals surface area contributed by atoms with E-state index in [1.165, 1.54) is 12.3 Å². The average molecular weight is 529 g/mol. The summed E-state index contributed by atoms with van der Waals surface area (Å²) in [7, 11) is 0. The predicted octanol–water partition coefficient (Wildman–Crippen LogP) is 4.59. The molecule has 150 valence electrons. The van der Waals surface area contributed by atoms with Gasteiger partial charge in [0.1, 0.15) is 0 Å². The number of nitrogens with one attached hydrogen (secondary N) is 1. The van der Waals surface area contributed by atoms with Gasteiger partial charge in [-0.3, -0.25) is 4.79 Å². The lowest BCUT2D eigenvalue weighted by Gasteiger charge is -2.05. The van der Waals surface area contributed by atoms with E-state index in [4.69, 9.17) is 5.11 Å². The Kier molecular flexibility index (Phi) is 8.34. The van der Waals surface area contributed by atoms with E-state index < -0.39 is 17.9 Å². The zero-order valence-corrected chi connectivity index (χ0v) is 17.7. The second kappa shape index (κ2) is 10.7. The Bertz CT molecular complexity index is 1020. The first kappa shape index (κ1) is 22.6. The summed E-state index contributed by atoms with van der Waals surface area (Å²) in [6, 6.07) is 12.1. The minimum atomic E-state index is -1.13. The molecule has 29 heavy (non-hydrogen) atoms. The molecule has 3 rings (SSSR count). The smallest absolute Gasteiger partial charge is 0.337 e. The van der Waals surface area contributed by atoms with E-state index in [9.17, 15) is 18.4 Å². The third-order valence-corrected chi connectivity index (χ3v) is 4.51. The molecule has 0 spiro atoms. The van der Waals surface area contributed by atoms with Gasteiger partial charge in [0.25, 0.3) is 5.91 Å². The lowest BCUT2D eigenvalue weighted by Crippen LogP contribution is -2.23. The van der Waals surface area contributed by atoms with Crippen molar-refractivity contribution in [3.63, 3.8) is 0 Å². The van der Waals surface area contributed by atoms with Crippen LogP contribution in [0.4, 0.5) is 8.78 Å². The van der Waals surface area contributed by atoms with Crippen LogP contribution in [0.2, 0.25) is 0 Å². The maximum absolute atomic E-state index is 12.9. The maximum atomic E-state index is 12.9. The molecule has 1 amide bonds. The first-order valence-corrected chi connectivity index (χ1v) is 9.54. The first-order chi connectivity index (χ1) is 13.8. The zero-order valence-electron chi connectivity index (χ0n) is 14.6. The predicted molar refractivity (Wildman–Crippen MR) is 108 cm³/mol. The molecule has 0 aliphatic carbocycles. The van der Waals surface area contributed by atoms with E-state index in [0.717, 1.165) is 17.8 Å². The van der Waals surface area contributed by atoms with E-state index in [1.54, 1.807) is 0 Å². The largest absolute Gasteiger partial charge is 0.478 e. The SMILES string of the molecule is O=C(NCc1ccccc1)c1cnc(F)c(Br)c1.O=C(O)c1cnc(F)c(Br)c1. The Morgan fingerprint density at radius 3 is 1.97 bits per heavy atom. The molecule has 0 fully saturated rings. The lowest BCUT2D eigenvalue weighted by molar-refractivity contribution is 0.0696. The molecule has 1 aromatic carbocycles. The van der Waals surface area contributed by atoms with Crippen LogP contribution < -0.4 is 5.32 Å². The molecular weight excluding hydrogens is 516 g/mol. The van der Waals surface area contributed by atoms with Crippen molar-refractivity contribution in [1.29, 1.82) is 0 Å². The monoisotopic (exact) mass is 527 g/mol. The second-order valence-corrected chi connectivity index (χ2v) is 7.18. The molecule has 6 nitrogen and oxygen atoms in total. The Morgan fingerprint density at radius 1 is 0.931 bits per heavy atom. The van der Waals surface area contributed by atoms with Crippen molar-refractivity contribution < 1.29 is 23.5 Å². The Hall–Kier alpha value is -2.72. The molecule has 0 bridgehead atoms. The fourth-order valence-corrected chi connectivity index (χ4v) is 2.66. The summed E-state index contributed by atoms with van der Waals surface area (Å²) in [5.74, 6) is -2.75. The maximum Gasteiger partial charge on any atom is 0.337 e. The number of carboxylic acid groups (broad SMARTS) is 1. The number of hydrogen-bond acceptors (Lipinski definition) is 4. The van der Waals surface area contributed by atoms with Crippen LogP contribution in [0.3, 0.4) is 0 Å². The van der Waals surface area contributed by atoms with Crippen molar-refractivity contribution in [3.05, 3.63) is 92.4 Å². The highest BCUT2D eigenvalue weighted by Crippen LogP contribution is 2.15. The Labute approximate surface area is 181 Å². The van der Waals surface area contributed by atoms with Gasteiger partial charge in [-0.2, -0.15) is 8.78 Å². The average Bonchev–Trinajstić information content (AvgIpc) is 2.71. The second-order valence-electron chi connectivity index (χ2n) is 5.47. The standard InChI is InChI=1S/C13H10BrFN2O.C6H3BrFNO2/c14-11-6-10(8-16-12(11)15)13(18)17-7-9-4-2-1-3-5-9;7-4-1-3(6(10)11)2-9-5(4)8/h1-6,8H,7H2,(H,17,18);1-2H,(H,10,11). The van der Waals surface area contributed by atoms with Crippen LogP contribution in [0.5, 0.6) is 0 Å². The van der Waals surface area contributed by atoms with Gasteiger partial charge in [-0.05, 0) is 49.6 Å². The van der Waals surface area contributed by atoms with Crippen LogP contribution in [-0.4, -0.2) is 27.0 Å².